The quantitative estimate of drug-likeness (QED) is 0.344. The van der Waals surface area contributed by atoms with Gasteiger partial charge in [-0.15, -0.1) is 0 Å². The van der Waals surface area contributed by atoms with E-state index in [0.717, 1.165) is 16.8 Å². The van der Waals surface area contributed by atoms with E-state index < -0.39 is 0 Å². The van der Waals surface area contributed by atoms with Gasteiger partial charge in [0.25, 0.3) is 0 Å². The Balaban J connectivity index is 2.13. The number of benzene rings is 2. The Morgan fingerprint density at radius 1 is 1.19 bits per heavy atom. The summed E-state index contributed by atoms with van der Waals surface area (Å²) in [6.45, 7) is 2.59. The number of halogens is 2. The third-order valence-corrected chi connectivity index (χ3v) is 3.53. The molecular formula is C15H15Cl2N3O. The lowest BCUT2D eigenvalue weighted by Gasteiger charge is -2.11. The summed E-state index contributed by atoms with van der Waals surface area (Å²) in [5, 5.41) is 16.1. The van der Waals surface area contributed by atoms with Crippen molar-refractivity contribution in [1.29, 1.82) is 0 Å². The molecule has 0 spiro atoms. The van der Waals surface area contributed by atoms with Crippen molar-refractivity contribution in [2.75, 3.05) is 5.32 Å². The molecule has 2 rings (SSSR count). The molecule has 0 aliphatic rings. The fourth-order valence-electron chi connectivity index (χ4n) is 1.96. The maximum absolute atomic E-state index is 8.68. The van der Waals surface area contributed by atoms with Crippen molar-refractivity contribution in [3.63, 3.8) is 0 Å². The number of nitrogens with zero attached hydrogens (tertiary/aromatic N) is 1. The Hall–Kier alpha value is -1.91. The van der Waals surface area contributed by atoms with Crippen LogP contribution in [-0.4, -0.2) is 11.0 Å². The molecule has 4 nitrogen and oxygen atoms in total. The number of anilines is 1. The van der Waals surface area contributed by atoms with Gasteiger partial charge in [0, 0.05) is 27.8 Å². The van der Waals surface area contributed by atoms with Gasteiger partial charge in [0.1, 0.15) is 0 Å². The highest BCUT2D eigenvalue weighted by atomic mass is 35.5. The lowest BCUT2D eigenvalue weighted by Crippen LogP contribution is -2.13. The summed E-state index contributed by atoms with van der Waals surface area (Å²) in [5.74, 6) is 0.0965. The number of hydrogen-bond donors (Lipinski definition) is 3. The normalized spacial score (nSPS) is 11.5. The molecule has 0 aliphatic carbocycles. The monoisotopic (exact) mass is 323 g/mol. The van der Waals surface area contributed by atoms with E-state index in [2.05, 4.69) is 10.5 Å². The molecule has 2 aromatic rings. The second kappa shape index (κ2) is 6.70. The fourth-order valence-corrected chi connectivity index (χ4v) is 2.49. The molecule has 0 amide bonds. The van der Waals surface area contributed by atoms with Crippen LogP contribution < -0.4 is 11.1 Å². The van der Waals surface area contributed by atoms with Gasteiger partial charge in [0.15, 0.2) is 5.84 Å². The van der Waals surface area contributed by atoms with Gasteiger partial charge in [-0.2, -0.15) is 0 Å². The maximum Gasteiger partial charge on any atom is 0.170 e. The number of rotatable bonds is 4. The molecule has 0 unspecified atom stereocenters. The van der Waals surface area contributed by atoms with Crippen LogP contribution in [0.3, 0.4) is 0 Å². The largest absolute Gasteiger partial charge is 0.409 e. The molecule has 110 valence electrons. The summed E-state index contributed by atoms with van der Waals surface area (Å²) < 4.78 is 0. The first-order chi connectivity index (χ1) is 9.99. The van der Waals surface area contributed by atoms with Crippen LogP contribution in [0.5, 0.6) is 0 Å². The maximum atomic E-state index is 8.68. The number of amidine groups is 1. The average molecular weight is 324 g/mol. The zero-order valence-electron chi connectivity index (χ0n) is 11.4. The van der Waals surface area contributed by atoms with Crippen LogP contribution in [0.4, 0.5) is 5.69 Å². The molecule has 2 aromatic carbocycles. The van der Waals surface area contributed by atoms with Crippen molar-refractivity contribution in [2.45, 2.75) is 13.5 Å². The molecule has 0 bridgehead atoms. The van der Waals surface area contributed by atoms with Crippen molar-refractivity contribution in [1.82, 2.24) is 0 Å². The molecule has 0 atom stereocenters. The Morgan fingerprint density at radius 2 is 1.86 bits per heavy atom. The molecule has 4 N–H and O–H groups in total. The molecule has 0 saturated heterocycles. The van der Waals surface area contributed by atoms with Gasteiger partial charge in [0.2, 0.25) is 0 Å². The summed E-state index contributed by atoms with van der Waals surface area (Å²) in [5.41, 5.74) is 9.24. The van der Waals surface area contributed by atoms with Crippen LogP contribution in [0.25, 0.3) is 0 Å². The zero-order valence-corrected chi connectivity index (χ0v) is 12.9. The SMILES string of the molecule is Cc1cc(/C(N)=N/O)ccc1CNc1cc(Cl)cc(Cl)c1. The van der Waals surface area contributed by atoms with Gasteiger partial charge in [-0.05, 0) is 42.3 Å². The van der Waals surface area contributed by atoms with E-state index in [-0.39, 0.29) is 5.84 Å². The van der Waals surface area contributed by atoms with Crippen LogP contribution in [0.2, 0.25) is 10.0 Å². The van der Waals surface area contributed by atoms with Gasteiger partial charge in [-0.3, -0.25) is 0 Å². The number of nitrogens with two attached hydrogens (primary N) is 1. The highest BCUT2D eigenvalue weighted by molar-refractivity contribution is 6.35. The molecule has 21 heavy (non-hydrogen) atoms. The van der Waals surface area contributed by atoms with Gasteiger partial charge >= 0.3 is 0 Å². The Kier molecular flexibility index (Phi) is 4.94. The zero-order chi connectivity index (χ0) is 15.4. The van der Waals surface area contributed by atoms with E-state index in [4.69, 9.17) is 34.1 Å². The lowest BCUT2D eigenvalue weighted by atomic mass is 10.0. The summed E-state index contributed by atoms with van der Waals surface area (Å²) in [6.07, 6.45) is 0. The fraction of sp³-hybridized carbons (Fsp3) is 0.133. The van der Waals surface area contributed by atoms with E-state index in [9.17, 15) is 0 Å². The summed E-state index contributed by atoms with van der Waals surface area (Å²) in [4.78, 5) is 0. The third-order valence-electron chi connectivity index (χ3n) is 3.09. The Morgan fingerprint density at radius 3 is 2.43 bits per heavy atom. The van der Waals surface area contributed by atoms with E-state index in [1.54, 1.807) is 6.07 Å². The average Bonchev–Trinajstić information content (AvgIpc) is 2.44. The molecule has 6 heteroatoms. The van der Waals surface area contributed by atoms with E-state index in [1.807, 2.05) is 37.3 Å². The number of hydrogen-bond acceptors (Lipinski definition) is 3. The molecular weight excluding hydrogens is 309 g/mol. The minimum absolute atomic E-state index is 0.0965. The molecule has 0 radical (unpaired) electrons. The smallest absolute Gasteiger partial charge is 0.170 e. The van der Waals surface area contributed by atoms with Crippen LogP contribution in [0.1, 0.15) is 16.7 Å². The first-order valence-electron chi connectivity index (χ1n) is 6.27. The molecule has 0 aliphatic heterocycles. The minimum Gasteiger partial charge on any atom is -0.409 e. The van der Waals surface area contributed by atoms with E-state index in [1.165, 1.54) is 0 Å². The second-order valence-corrected chi connectivity index (χ2v) is 5.51. The van der Waals surface area contributed by atoms with Crippen LogP contribution in [0, 0.1) is 6.92 Å². The summed E-state index contributed by atoms with van der Waals surface area (Å²) in [7, 11) is 0. The van der Waals surface area contributed by atoms with E-state index >= 15 is 0 Å². The van der Waals surface area contributed by atoms with E-state index in [0.29, 0.717) is 22.2 Å². The van der Waals surface area contributed by atoms with Crippen LogP contribution in [-0.2, 0) is 6.54 Å². The van der Waals surface area contributed by atoms with Crippen LogP contribution in [0.15, 0.2) is 41.6 Å². The topological polar surface area (TPSA) is 70.6 Å². The summed E-state index contributed by atoms with van der Waals surface area (Å²) in [6, 6.07) is 10.9. The van der Waals surface area contributed by atoms with Crippen molar-refractivity contribution in [3.05, 3.63) is 63.1 Å². The number of nitrogens with one attached hydrogen (secondary N) is 1. The Labute approximate surface area is 133 Å². The van der Waals surface area contributed by atoms with Crippen molar-refractivity contribution in [2.24, 2.45) is 10.9 Å². The first kappa shape index (κ1) is 15.5. The number of aryl methyl sites for hydroxylation is 1. The molecule has 0 heterocycles. The predicted molar refractivity (Wildman–Crippen MR) is 87.5 cm³/mol. The molecule has 0 saturated carbocycles. The Bertz CT molecular complexity index is 666. The van der Waals surface area contributed by atoms with Crippen molar-refractivity contribution < 1.29 is 5.21 Å². The van der Waals surface area contributed by atoms with Crippen molar-refractivity contribution in [3.8, 4) is 0 Å². The van der Waals surface area contributed by atoms with Gasteiger partial charge in [-0.1, -0.05) is 40.5 Å². The number of oxime groups is 1. The highest BCUT2D eigenvalue weighted by Gasteiger charge is 2.04. The third kappa shape index (κ3) is 4.03. The molecule has 0 aromatic heterocycles. The predicted octanol–water partition coefficient (Wildman–Crippen LogP) is 4.01. The standard InChI is InChI=1S/C15H15Cl2N3O/c1-9-4-10(15(18)20-21)2-3-11(9)8-19-14-6-12(16)5-13(17)7-14/h2-7,19,21H,8H2,1H3,(H2,18,20). The lowest BCUT2D eigenvalue weighted by molar-refractivity contribution is 0.318. The van der Waals surface area contributed by atoms with Crippen LogP contribution >= 0.6 is 23.2 Å². The van der Waals surface area contributed by atoms with Gasteiger partial charge in [-0.25, -0.2) is 0 Å². The first-order valence-corrected chi connectivity index (χ1v) is 7.02. The van der Waals surface area contributed by atoms with Crippen molar-refractivity contribution >= 4 is 34.7 Å². The summed E-state index contributed by atoms with van der Waals surface area (Å²) >= 11 is 11.9. The van der Waals surface area contributed by atoms with Gasteiger partial charge < -0.3 is 16.3 Å². The molecule has 0 fully saturated rings. The van der Waals surface area contributed by atoms with Gasteiger partial charge in [0.05, 0.1) is 0 Å². The second-order valence-electron chi connectivity index (χ2n) is 4.64. The highest BCUT2D eigenvalue weighted by Crippen LogP contribution is 2.23. The minimum atomic E-state index is 0.0965.